The lowest BCUT2D eigenvalue weighted by Crippen LogP contribution is -2.11. The van der Waals surface area contributed by atoms with Crippen LogP contribution in [0.5, 0.6) is 0 Å². The summed E-state index contributed by atoms with van der Waals surface area (Å²) in [6, 6.07) is 10.9. The molecule has 0 heterocycles. The highest BCUT2D eigenvalue weighted by atomic mass is 79.9. The molecule has 1 saturated carbocycles. The molecule has 0 saturated heterocycles. The predicted molar refractivity (Wildman–Crippen MR) is 62.7 cm³/mol. The molecule has 0 N–H and O–H groups in total. The molecule has 1 heteroatoms. The van der Waals surface area contributed by atoms with E-state index < -0.39 is 0 Å². The number of rotatable bonds is 1. The second-order valence-electron chi connectivity index (χ2n) is 4.48. The first-order valence-corrected chi connectivity index (χ1v) is 5.99. The Bertz CT molecular complexity index is 368. The van der Waals surface area contributed by atoms with Crippen LogP contribution in [0.15, 0.2) is 42.5 Å². The molecule has 3 rings (SSSR count). The zero-order chi connectivity index (χ0) is 9.60. The topological polar surface area (TPSA) is 0 Å². The Kier molecular flexibility index (Phi) is 1.85. The third-order valence-electron chi connectivity index (χ3n) is 3.52. The van der Waals surface area contributed by atoms with Gasteiger partial charge in [0.2, 0.25) is 0 Å². The first-order chi connectivity index (χ1) is 6.77. The van der Waals surface area contributed by atoms with Crippen molar-refractivity contribution in [2.45, 2.75) is 23.1 Å². The summed E-state index contributed by atoms with van der Waals surface area (Å²) in [5.41, 5.74) is 1.50. The molecule has 1 aromatic rings. The summed E-state index contributed by atoms with van der Waals surface area (Å²) in [7, 11) is 0. The Morgan fingerprint density at radius 2 is 1.93 bits per heavy atom. The molecule has 14 heavy (non-hydrogen) atoms. The van der Waals surface area contributed by atoms with Crippen molar-refractivity contribution in [2.75, 3.05) is 0 Å². The van der Waals surface area contributed by atoms with E-state index in [1.54, 1.807) is 0 Å². The summed E-state index contributed by atoms with van der Waals surface area (Å²) in [6.45, 7) is 0. The van der Waals surface area contributed by atoms with Gasteiger partial charge in [-0.3, -0.25) is 0 Å². The lowest BCUT2D eigenvalue weighted by molar-refractivity contribution is 0.588. The molecule has 1 aromatic carbocycles. The van der Waals surface area contributed by atoms with Gasteiger partial charge in [0.05, 0.1) is 0 Å². The van der Waals surface area contributed by atoms with Gasteiger partial charge in [-0.1, -0.05) is 58.4 Å². The van der Waals surface area contributed by atoms with Gasteiger partial charge in [0.15, 0.2) is 0 Å². The van der Waals surface area contributed by atoms with Gasteiger partial charge in [0, 0.05) is 4.32 Å². The smallest absolute Gasteiger partial charge is 0.0448 e. The minimum Gasteiger partial charge on any atom is -0.0834 e. The van der Waals surface area contributed by atoms with E-state index in [4.69, 9.17) is 0 Å². The summed E-state index contributed by atoms with van der Waals surface area (Å²) >= 11 is 3.84. The Labute approximate surface area is 93.2 Å². The average molecular weight is 249 g/mol. The zero-order valence-corrected chi connectivity index (χ0v) is 9.57. The molecule has 0 aliphatic heterocycles. The molecule has 0 radical (unpaired) electrons. The van der Waals surface area contributed by atoms with Gasteiger partial charge < -0.3 is 0 Å². The van der Waals surface area contributed by atoms with E-state index in [1.807, 2.05) is 0 Å². The normalized spacial score (nSPS) is 39.2. The van der Waals surface area contributed by atoms with Crippen molar-refractivity contribution in [3.8, 4) is 0 Å². The van der Waals surface area contributed by atoms with Crippen LogP contribution in [0.1, 0.15) is 24.3 Å². The van der Waals surface area contributed by atoms with Crippen LogP contribution in [0, 0.1) is 5.92 Å². The number of halogens is 1. The van der Waals surface area contributed by atoms with E-state index in [9.17, 15) is 0 Å². The molecule has 2 bridgehead atoms. The van der Waals surface area contributed by atoms with E-state index in [2.05, 4.69) is 58.4 Å². The predicted octanol–water partition coefficient (Wildman–Crippen LogP) is 3.88. The van der Waals surface area contributed by atoms with Crippen molar-refractivity contribution < 1.29 is 0 Å². The average Bonchev–Trinajstić information content (AvgIpc) is 2.74. The van der Waals surface area contributed by atoms with Crippen molar-refractivity contribution in [2.24, 2.45) is 5.92 Å². The molecule has 3 unspecified atom stereocenters. The molecule has 0 nitrogen and oxygen atoms in total. The highest BCUT2D eigenvalue weighted by molar-refractivity contribution is 9.10. The van der Waals surface area contributed by atoms with Crippen molar-refractivity contribution in [1.82, 2.24) is 0 Å². The second-order valence-corrected chi connectivity index (χ2v) is 6.06. The minimum atomic E-state index is 0.318. The quantitative estimate of drug-likeness (QED) is 0.523. The summed E-state index contributed by atoms with van der Waals surface area (Å²) in [6.07, 6.45) is 7.28. The Balaban J connectivity index is 1.94. The fourth-order valence-electron chi connectivity index (χ4n) is 2.83. The maximum absolute atomic E-state index is 3.84. The first-order valence-electron chi connectivity index (χ1n) is 5.20. The summed E-state index contributed by atoms with van der Waals surface area (Å²) in [4.78, 5) is 0. The van der Waals surface area contributed by atoms with Crippen molar-refractivity contribution in [3.63, 3.8) is 0 Å². The maximum atomic E-state index is 3.84. The number of hydrogen-bond donors (Lipinski definition) is 0. The lowest BCUT2D eigenvalue weighted by Gasteiger charge is -2.20. The Hall–Kier alpha value is -0.560. The van der Waals surface area contributed by atoms with Crippen LogP contribution in [0.25, 0.3) is 0 Å². The van der Waals surface area contributed by atoms with Crippen molar-refractivity contribution in [1.29, 1.82) is 0 Å². The molecule has 0 aromatic heterocycles. The fraction of sp³-hybridized carbons (Fsp3) is 0.385. The van der Waals surface area contributed by atoms with E-state index in [0.29, 0.717) is 4.32 Å². The van der Waals surface area contributed by atoms with Gasteiger partial charge in [-0.05, 0) is 30.2 Å². The molecular weight excluding hydrogens is 236 g/mol. The van der Waals surface area contributed by atoms with Crippen LogP contribution in [0.2, 0.25) is 0 Å². The van der Waals surface area contributed by atoms with Gasteiger partial charge in [-0.2, -0.15) is 0 Å². The van der Waals surface area contributed by atoms with Crippen LogP contribution in [-0.4, -0.2) is 4.32 Å². The number of fused-ring (bicyclic) bond motifs is 2. The van der Waals surface area contributed by atoms with Gasteiger partial charge in [-0.15, -0.1) is 0 Å². The van der Waals surface area contributed by atoms with Crippen molar-refractivity contribution >= 4 is 15.9 Å². The van der Waals surface area contributed by atoms with Crippen LogP contribution in [0.3, 0.4) is 0 Å². The Morgan fingerprint density at radius 3 is 2.50 bits per heavy atom. The van der Waals surface area contributed by atoms with Crippen molar-refractivity contribution in [3.05, 3.63) is 48.0 Å². The first kappa shape index (κ1) is 8.72. The van der Waals surface area contributed by atoms with Crippen LogP contribution >= 0.6 is 15.9 Å². The molecule has 1 fully saturated rings. The van der Waals surface area contributed by atoms with Gasteiger partial charge in [0.25, 0.3) is 0 Å². The molecular formula is C13H13Br. The molecule has 2 aliphatic carbocycles. The number of benzene rings is 1. The largest absolute Gasteiger partial charge is 0.0834 e. The van der Waals surface area contributed by atoms with E-state index >= 15 is 0 Å². The number of allylic oxidation sites excluding steroid dienone is 2. The molecule has 3 atom stereocenters. The third-order valence-corrected chi connectivity index (χ3v) is 4.43. The maximum Gasteiger partial charge on any atom is 0.0448 e. The highest BCUT2D eigenvalue weighted by Crippen LogP contribution is 2.55. The molecule has 2 aliphatic rings. The molecule has 0 spiro atoms. The van der Waals surface area contributed by atoms with Crippen LogP contribution in [-0.2, 0) is 0 Å². The Morgan fingerprint density at radius 1 is 1.14 bits per heavy atom. The third kappa shape index (κ3) is 1.26. The number of hydrogen-bond acceptors (Lipinski definition) is 0. The van der Waals surface area contributed by atoms with Gasteiger partial charge in [0.1, 0.15) is 0 Å². The lowest BCUT2D eigenvalue weighted by atomic mass is 9.87. The summed E-state index contributed by atoms with van der Waals surface area (Å²) < 4.78 is 0.318. The SMILES string of the molecule is BrC12C=CC(C1)C(c1ccccc1)C2. The minimum absolute atomic E-state index is 0.318. The monoisotopic (exact) mass is 248 g/mol. The molecule has 0 amide bonds. The summed E-state index contributed by atoms with van der Waals surface area (Å²) in [5.74, 6) is 1.50. The van der Waals surface area contributed by atoms with Gasteiger partial charge in [-0.25, -0.2) is 0 Å². The standard InChI is InChI=1S/C13H13Br/c14-13-7-6-11(8-13)12(9-13)10-4-2-1-3-5-10/h1-7,11-12H,8-9H2. The highest BCUT2D eigenvalue weighted by Gasteiger charge is 2.45. The van der Waals surface area contributed by atoms with Crippen LogP contribution in [0.4, 0.5) is 0 Å². The zero-order valence-electron chi connectivity index (χ0n) is 7.99. The summed E-state index contributed by atoms with van der Waals surface area (Å²) in [5, 5.41) is 0. The van der Waals surface area contributed by atoms with Gasteiger partial charge >= 0.3 is 0 Å². The number of alkyl halides is 1. The fourth-order valence-corrected chi connectivity index (χ4v) is 3.71. The van der Waals surface area contributed by atoms with Crippen LogP contribution < -0.4 is 0 Å². The van der Waals surface area contributed by atoms with E-state index in [1.165, 1.54) is 18.4 Å². The second kappa shape index (κ2) is 2.96. The van der Waals surface area contributed by atoms with E-state index in [-0.39, 0.29) is 0 Å². The molecule has 72 valence electrons. The van der Waals surface area contributed by atoms with E-state index in [0.717, 1.165) is 11.8 Å².